The standard InChI is InChI=1S/C17H22N4O4S/c1-12-4-5-16(15(8-12)25-3)26(23,24)20-10-13-6-7-19-21(13)14(11-20)9-17(22)18-2/h4-8,14H,9-11H2,1-3H3,(H,18,22)/t14-/m0/s1. The Morgan fingerprint density at radius 1 is 1.38 bits per heavy atom. The van der Waals surface area contributed by atoms with Crippen molar-refractivity contribution in [2.75, 3.05) is 20.7 Å². The van der Waals surface area contributed by atoms with Crippen LogP contribution in [0.1, 0.15) is 23.7 Å². The number of carbonyl (C=O) groups excluding carboxylic acids is 1. The van der Waals surface area contributed by atoms with Crippen molar-refractivity contribution in [1.82, 2.24) is 19.4 Å². The van der Waals surface area contributed by atoms with Crippen molar-refractivity contribution in [2.24, 2.45) is 0 Å². The third-order valence-electron chi connectivity index (χ3n) is 4.49. The number of fused-ring (bicyclic) bond motifs is 1. The maximum Gasteiger partial charge on any atom is 0.247 e. The summed E-state index contributed by atoms with van der Waals surface area (Å²) in [5.41, 5.74) is 1.66. The maximum atomic E-state index is 13.2. The van der Waals surface area contributed by atoms with Gasteiger partial charge >= 0.3 is 0 Å². The molecule has 1 N–H and O–H groups in total. The summed E-state index contributed by atoms with van der Waals surface area (Å²) >= 11 is 0. The number of nitrogens with one attached hydrogen (secondary N) is 1. The first-order valence-electron chi connectivity index (χ1n) is 8.24. The second-order valence-electron chi connectivity index (χ2n) is 6.25. The summed E-state index contributed by atoms with van der Waals surface area (Å²) in [5, 5.41) is 6.83. The van der Waals surface area contributed by atoms with Gasteiger partial charge in [0.1, 0.15) is 10.6 Å². The molecular weight excluding hydrogens is 356 g/mol. The first-order chi connectivity index (χ1) is 12.4. The number of hydrogen-bond acceptors (Lipinski definition) is 5. The van der Waals surface area contributed by atoms with Gasteiger partial charge in [-0.3, -0.25) is 9.48 Å². The minimum absolute atomic E-state index is 0.122. The Balaban J connectivity index is 1.98. The Morgan fingerprint density at radius 2 is 2.15 bits per heavy atom. The van der Waals surface area contributed by atoms with Crippen molar-refractivity contribution in [3.05, 3.63) is 41.7 Å². The Morgan fingerprint density at radius 3 is 2.85 bits per heavy atom. The van der Waals surface area contributed by atoms with Crippen molar-refractivity contribution >= 4 is 15.9 Å². The molecule has 2 aromatic rings. The molecule has 0 unspecified atom stereocenters. The molecule has 0 spiro atoms. The zero-order valence-corrected chi connectivity index (χ0v) is 15.8. The molecule has 1 aliphatic heterocycles. The highest BCUT2D eigenvalue weighted by atomic mass is 32.2. The summed E-state index contributed by atoms with van der Waals surface area (Å²) in [6.07, 6.45) is 1.77. The van der Waals surface area contributed by atoms with E-state index in [0.717, 1.165) is 11.3 Å². The average molecular weight is 378 g/mol. The van der Waals surface area contributed by atoms with E-state index in [4.69, 9.17) is 4.74 Å². The lowest BCUT2D eigenvalue weighted by Gasteiger charge is -2.33. The summed E-state index contributed by atoms with van der Waals surface area (Å²) in [7, 11) is -0.774. The predicted molar refractivity (Wildman–Crippen MR) is 95.3 cm³/mol. The molecule has 0 bridgehead atoms. The molecule has 1 atom stereocenters. The summed E-state index contributed by atoms with van der Waals surface area (Å²) in [5.74, 6) is 0.149. The summed E-state index contributed by atoms with van der Waals surface area (Å²) in [4.78, 5) is 12.0. The molecule has 0 saturated heterocycles. The van der Waals surface area contributed by atoms with Gasteiger partial charge in [0, 0.05) is 19.8 Å². The second kappa shape index (κ2) is 7.08. The molecule has 26 heavy (non-hydrogen) atoms. The van der Waals surface area contributed by atoms with Crippen LogP contribution < -0.4 is 10.1 Å². The van der Waals surface area contributed by atoms with Crippen LogP contribution in [0.15, 0.2) is 35.4 Å². The monoisotopic (exact) mass is 378 g/mol. The zero-order chi connectivity index (χ0) is 18.9. The van der Waals surface area contributed by atoms with Crippen LogP contribution in [0, 0.1) is 6.92 Å². The van der Waals surface area contributed by atoms with E-state index in [1.807, 2.05) is 6.92 Å². The van der Waals surface area contributed by atoms with Gasteiger partial charge in [-0.05, 0) is 30.7 Å². The number of aromatic nitrogens is 2. The molecule has 0 radical (unpaired) electrons. The lowest BCUT2D eigenvalue weighted by molar-refractivity contribution is -0.121. The maximum absolute atomic E-state index is 13.2. The fourth-order valence-electron chi connectivity index (χ4n) is 3.13. The number of rotatable bonds is 5. The summed E-state index contributed by atoms with van der Waals surface area (Å²) in [6, 6.07) is 6.41. The average Bonchev–Trinajstić information content (AvgIpc) is 3.10. The van der Waals surface area contributed by atoms with E-state index in [1.54, 1.807) is 42.2 Å². The van der Waals surface area contributed by atoms with Crippen molar-refractivity contribution < 1.29 is 17.9 Å². The second-order valence-corrected chi connectivity index (χ2v) is 8.16. The van der Waals surface area contributed by atoms with Crippen molar-refractivity contribution in [3.63, 3.8) is 0 Å². The van der Waals surface area contributed by atoms with E-state index in [2.05, 4.69) is 10.4 Å². The topological polar surface area (TPSA) is 93.5 Å². The van der Waals surface area contributed by atoms with Crippen LogP contribution in [-0.4, -0.2) is 49.1 Å². The lowest BCUT2D eigenvalue weighted by Crippen LogP contribution is -2.42. The third kappa shape index (κ3) is 3.32. The fourth-order valence-corrected chi connectivity index (χ4v) is 4.72. The molecule has 9 heteroatoms. The van der Waals surface area contributed by atoms with Crippen LogP contribution in [0.5, 0.6) is 5.75 Å². The molecule has 3 rings (SSSR count). The molecule has 140 valence electrons. The Labute approximate surface area is 152 Å². The van der Waals surface area contributed by atoms with Gasteiger partial charge in [-0.25, -0.2) is 8.42 Å². The highest BCUT2D eigenvalue weighted by Gasteiger charge is 2.35. The van der Waals surface area contributed by atoms with Gasteiger partial charge in [-0.15, -0.1) is 0 Å². The molecule has 1 aliphatic rings. The Hall–Kier alpha value is -2.39. The number of aryl methyl sites for hydroxylation is 1. The van der Waals surface area contributed by atoms with Crippen LogP contribution in [-0.2, 0) is 21.4 Å². The largest absolute Gasteiger partial charge is 0.495 e. The van der Waals surface area contributed by atoms with Gasteiger partial charge in [0.15, 0.2) is 0 Å². The Kier molecular flexibility index (Phi) is 5.01. The zero-order valence-electron chi connectivity index (χ0n) is 15.0. The molecule has 1 amide bonds. The van der Waals surface area contributed by atoms with Crippen molar-refractivity contribution in [2.45, 2.75) is 30.8 Å². The highest BCUT2D eigenvalue weighted by molar-refractivity contribution is 7.89. The molecule has 0 saturated carbocycles. The number of benzene rings is 1. The summed E-state index contributed by atoms with van der Waals surface area (Å²) < 4.78 is 34.8. The predicted octanol–water partition coefficient (Wildman–Crippen LogP) is 1.08. The van der Waals surface area contributed by atoms with Crippen LogP contribution in [0.3, 0.4) is 0 Å². The number of nitrogens with zero attached hydrogens (tertiary/aromatic N) is 3. The number of sulfonamides is 1. The van der Waals surface area contributed by atoms with Crippen LogP contribution in [0.4, 0.5) is 0 Å². The summed E-state index contributed by atoms with van der Waals surface area (Å²) in [6.45, 7) is 2.24. The highest BCUT2D eigenvalue weighted by Crippen LogP contribution is 2.32. The van der Waals surface area contributed by atoms with Gasteiger partial charge in [0.2, 0.25) is 15.9 Å². The molecule has 0 fully saturated rings. The molecule has 2 heterocycles. The van der Waals surface area contributed by atoms with E-state index in [0.29, 0.717) is 5.75 Å². The number of amides is 1. The van der Waals surface area contributed by atoms with E-state index in [1.165, 1.54) is 11.4 Å². The van der Waals surface area contributed by atoms with Gasteiger partial charge in [0.05, 0.1) is 31.8 Å². The normalized spacial score (nSPS) is 17.6. The van der Waals surface area contributed by atoms with Crippen LogP contribution in [0.2, 0.25) is 0 Å². The molecule has 0 aliphatic carbocycles. The third-order valence-corrected chi connectivity index (χ3v) is 6.34. The minimum Gasteiger partial charge on any atom is -0.495 e. The number of carbonyl (C=O) groups is 1. The SMILES string of the molecule is CNC(=O)C[C@H]1CN(S(=O)(=O)c2ccc(C)cc2OC)Cc2ccnn21. The van der Waals surface area contributed by atoms with E-state index >= 15 is 0 Å². The van der Waals surface area contributed by atoms with Gasteiger partial charge in [-0.1, -0.05) is 6.07 Å². The number of ether oxygens (including phenoxy) is 1. The molecular formula is C17H22N4O4S. The van der Waals surface area contributed by atoms with E-state index in [9.17, 15) is 13.2 Å². The quantitative estimate of drug-likeness (QED) is 0.840. The number of methoxy groups -OCH3 is 1. The molecule has 1 aromatic heterocycles. The van der Waals surface area contributed by atoms with Gasteiger partial charge in [-0.2, -0.15) is 9.40 Å². The van der Waals surface area contributed by atoms with Crippen LogP contribution >= 0.6 is 0 Å². The van der Waals surface area contributed by atoms with Crippen molar-refractivity contribution in [3.8, 4) is 5.75 Å². The van der Waals surface area contributed by atoms with Crippen LogP contribution in [0.25, 0.3) is 0 Å². The number of hydrogen-bond donors (Lipinski definition) is 1. The first kappa shape index (κ1) is 18.4. The lowest BCUT2D eigenvalue weighted by atomic mass is 10.1. The van der Waals surface area contributed by atoms with E-state index in [-0.39, 0.29) is 36.4 Å². The Bertz CT molecular complexity index is 923. The smallest absolute Gasteiger partial charge is 0.247 e. The molecule has 8 nitrogen and oxygen atoms in total. The van der Waals surface area contributed by atoms with E-state index < -0.39 is 10.0 Å². The fraction of sp³-hybridized carbons (Fsp3) is 0.412. The van der Waals surface area contributed by atoms with Gasteiger partial charge in [0.25, 0.3) is 0 Å². The molecule has 1 aromatic carbocycles. The minimum atomic E-state index is -3.78. The first-order valence-corrected chi connectivity index (χ1v) is 9.68. The van der Waals surface area contributed by atoms with Gasteiger partial charge < -0.3 is 10.1 Å². The van der Waals surface area contributed by atoms with Crippen molar-refractivity contribution in [1.29, 1.82) is 0 Å².